The fourth-order valence-electron chi connectivity index (χ4n) is 1.33. The first kappa shape index (κ1) is 10.7. The van der Waals surface area contributed by atoms with Gasteiger partial charge in [-0.25, -0.2) is 0 Å². The molecule has 1 aliphatic heterocycles. The van der Waals surface area contributed by atoms with Crippen LogP contribution in [0.1, 0.15) is 26.2 Å². The van der Waals surface area contributed by atoms with E-state index in [-0.39, 0.29) is 18.3 Å². The Morgan fingerprint density at radius 3 is 3.08 bits per heavy atom. The summed E-state index contributed by atoms with van der Waals surface area (Å²) in [5.74, 6) is 0.301. The highest BCUT2D eigenvalue weighted by atomic mass is 16.5. The fourth-order valence-corrected chi connectivity index (χ4v) is 1.33. The Labute approximate surface area is 79.4 Å². The van der Waals surface area contributed by atoms with Gasteiger partial charge in [0, 0.05) is 19.1 Å². The predicted octanol–water partition coefficient (Wildman–Crippen LogP) is 1.41. The molecular formula is C10H18O3. The van der Waals surface area contributed by atoms with Gasteiger partial charge in [-0.05, 0) is 12.8 Å². The average molecular weight is 186 g/mol. The number of carbonyl (C=O) groups excluding carboxylic acids is 1. The highest BCUT2D eigenvalue weighted by molar-refractivity contribution is 5.82. The molecule has 1 unspecified atom stereocenters. The Morgan fingerprint density at radius 1 is 1.62 bits per heavy atom. The maximum absolute atomic E-state index is 11.4. The van der Waals surface area contributed by atoms with Crippen molar-refractivity contribution in [1.29, 1.82) is 0 Å². The van der Waals surface area contributed by atoms with Crippen LogP contribution in [0.25, 0.3) is 0 Å². The van der Waals surface area contributed by atoms with Crippen LogP contribution in [0.15, 0.2) is 0 Å². The first-order valence-corrected chi connectivity index (χ1v) is 5.02. The van der Waals surface area contributed by atoms with E-state index in [2.05, 4.69) is 6.92 Å². The van der Waals surface area contributed by atoms with Gasteiger partial charge in [0.1, 0.15) is 6.61 Å². The van der Waals surface area contributed by atoms with Crippen LogP contribution in [0, 0.1) is 5.92 Å². The molecule has 1 saturated heterocycles. The van der Waals surface area contributed by atoms with Gasteiger partial charge >= 0.3 is 0 Å². The number of hydrogen-bond acceptors (Lipinski definition) is 3. The van der Waals surface area contributed by atoms with Crippen LogP contribution in [0.5, 0.6) is 0 Å². The molecule has 0 amide bonds. The van der Waals surface area contributed by atoms with Crippen LogP contribution in [-0.2, 0) is 14.3 Å². The molecule has 0 aromatic carbocycles. The smallest absolute Gasteiger partial charge is 0.163 e. The predicted molar refractivity (Wildman–Crippen MR) is 49.7 cm³/mol. The maximum atomic E-state index is 11.4. The van der Waals surface area contributed by atoms with E-state index in [0.717, 1.165) is 25.9 Å². The van der Waals surface area contributed by atoms with E-state index in [1.54, 1.807) is 0 Å². The van der Waals surface area contributed by atoms with E-state index in [9.17, 15) is 4.79 Å². The van der Waals surface area contributed by atoms with E-state index in [1.807, 2.05) is 0 Å². The highest BCUT2D eigenvalue weighted by Gasteiger charge is 2.22. The molecule has 1 aliphatic rings. The normalized spacial score (nSPS) is 22.1. The summed E-state index contributed by atoms with van der Waals surface area (Å²) in [5.41, 5.74) is 0. The largest absolute Gasteiger partial charge is 0.381 e. The van der Waals surface area contributed by atoms with Gasteiger partial charge in [0.2, 0.25) is 0 Å². The molecule has 0 aliphatic carbocycles. The van der Waals surface area contributed by atoms with Crippen LogP contribution in [0.2, 0.25) is 0 Å². The van der Waals surface area contributed by atoms with Gasteiger partial charge in [-0.3, -0.25) is 4.79 Å². The number of ketones is 1. The zero-order valence-electron chi connectivity index (χ0n) is 8.25. The van der Waals surface area contributed by atoms with E-state index in [4.69, 9.17) is 9.47 Å². The second-order valence-electron chi connectivity index (χ2n) is 3.43. The van der Waals surface area contributed by atoms with Crippen molar-refractivity contribution < 1.29 is 14.3 Å². The van der Waals surface area contributed by atoms with E-state index in [0.29, 0.717) is 13.2 Å². The van der Waals surface area contributed by atoms with E-state index in [1.165, 1.54) is 0 Å². The van der Waals surface area contributed by atoms with E-state index >= 15 is 0 Å². The third-order valence-corrected chi connectivity index (χ3v) is 2.27. The molecule has 13 heavy (non-hydrogen) atoms. The molecule has 3 nitrogen and oxygen atoms in total. The molecule has 1 fully saturated rings. The summed E-state index contributed by atoms with van der Waals surface area (Å²) < 4.78 is 10.4. The van der Waals surface area contributed by atoms with E-state index < -0.39 is 0 Å². The molecule has 1 atom stereocenters. The minimum atomic E-state index is 0.0987. The standard InChI is InChI=1S/C10H18O3/c1-2-3-5-12-8-10(11)9-4-6-13-7-9/h9H,2-8H2,1H3. The highest BCUT2D eigenvalue weighted by Crippen LogP contribution is 2.13. The van der Waals surface area contributed by atoms with Crippen LogP contribution in [-0.4, -0.2) is 32.2 Å². The molecule has 0 bridgehead atoms. The lowest BCUT2D eigenvalue weighted by Crippen LogP contribution is -2.20. The quantitative estimate of drug-likeness (QED) is 0.588. The fraction of sp³-hybridized carbons (Fsp3) is 0.900. The zero-order chi connectivity index (χ0) is 9.52. The Hall–Kier alpha value is -0.410. The number of carbonyl (C=O) groups is 1. The molecular weight excluding hydrogens is 168 g/mol. The van der Waals surface area contributed by atoms with Crippen molar-refractivity contribution in [2.45, 2.75) is 26.2 Å². The summed E-state index contributed by atoms with van der Waals surface area (Å²) in [4.78, 5) is 11.4. The Bertz CT molecular complexity index is 150. The summed E-state index contributed by atoms with van der Waals surface area (Å²) >= 11 is 0. The maximum Gasteiger partial charge on any atom is 0.163 e. The number of Topliss-reactive ketones (excluding diaryl/α,β-unsaturated/α-hetero) is 1. The van der Waals surface area contributed by atoms with Crippen molar-refractivity contribution in [1.82, 2.24) is 0 Å². The molecule has 1 rings (SSSR count). The molecule has 76 valence electrons. The molecule has 0 saturated carbocycles. The van der Waals surface area contributed by atoms with Gasteiger partial charge in [0.25, 0.3) is 0 Å². The van der Waals surface area contributed by atoms with Gasteiger partial charge in [0.05, 0.1) is 6.61 Å². The van der Waals surface area contributed by atoms with Crippen molar-refractivity contribution in [3.63, 3.8) is 0 Å². The first-order chi connectivity index (χ1) is 6.34. The molecule has 0 radical (unpaired) electrons. The molecule has 0 aromatic rings. The molecule has 0 aromatic heterocycles. The summed E-state index contributed by atoms with van der Waals surface area (Å²) in [5, 5.41) is 0. The Morgan fingerprint density at radius 2 is 2.46 bits per heavy atom. The topological polar surface area (TPSA) is 35.5 Å². The summed E-state index contributed by atoms with van der Waals surface area (Å²) in [6.45, 7) is 4.40. The Kier molecular flexibility index (Phi) is 5.01. The number of rotatable bonds is 6. The second kappa shape index (κ2) is 6.11. The number of unbranched alkanes of at least 4 members (excludes halogenated alkanes) is 1. The number of hydrogen-bond donors (Lipinski definition) is 0. The monoisotopic (exact) mass is 186 g/mol. The van der Waals surface area contributed by atoms with Crippen molar-refractivity contribution in [3.8, 4) is 0 Å². The third kappa shape index (κ3) is 3.87. The second-order valence-corrected chi connectivity index (χ2v) is 3.43. The molecule has 3 heteroatoms. The lowest BCUT2D eigenvalue weighted by atomic mass is 10.0. The Balaban J connectivity index is 2.03. The summed E-state index contributed by atoms with van der Waals surface area (Å²) in [6.07, 6.45) is 3.02. The third-order valence-electron chi connectivity index (χ3n) is 2.27. The van der Waals surface area contributed by atoms with Crippen LogP contribution in [0.4, 0.5) is 0 Å². The minimum absolute atomic E-state index is 0.0987. The lowest BCUT2D eigenvalue weighted by molar-refractivity contribution is -0.127. The molecule has 0 spiro atoms. The lowest BCUT2D eigenvalue weighted by Gasteiger charge is -2.06. The van der Waals surface area contributed by atoms with Crippen molar-refractivity contribution >= 4 is 5.78 Å². The van der Waals surface area contributed by atoms with Gasteiger partial charge < -0.3 is 9.47 Å². The van der Waals surface area contributed by atoms with Crippen molar-refractivity contribution in [2.75, 3.05) is 26.4 Å². The molecule has 0 N–H and O–H groups in total. The minimum Gasteiger partial charge on any atom is -0.381 e. The van der Waals surface area contributed by atoms with Gasteiger partial charge in [0.15, 0.2) is 5.78 Å². The van der Waals surface area contributed by atoms with Crippen LogP contribution >= 0.6 is 0 Å². The van der Waals surface area contributed by atoms with Gasteiger partial charge in [-0.2, -0.15) is 0 Å². The summed E-state index contributed by atoms with van der Waals surface area (Å²) in [7, 11) is 0. The van der Waals surface area contributed by atoms with Gasteiger partial charge in [-0.1, -0.05) is 13.3 Å². The van der Waals surface area contributed by atoms with Crippen molar-refractivity contribution in [3.05, 3.63) is 0 Å². The molecule has 1 heterocycles. The average Bonchev–Trinajstić information content (AvgIpc) is 2.65. The van der Waals surface area contributed by atoms with Crippen molar-refractivity contribution in [2.24, 2.45) is 5.92 Å². The number of ether oxygens (including phenoxy) is 2. The first-order valence-electron chi connectivity index (χ1n) is 5.02. The van der Waals surface area contributed by atoms with Gasteiger partial charge in [-0.15, -0.1) is 0 Å². The summed E-state index contributed by atoms with van der Waals surface area (Å²) in [6, 6.07) is 0. The van der Waals surface area contributed by atoms with Crippen LogP contribution < -0.4 is 0 Å². The SMILES string of the molecule is CCCCOCC(=O)C1CCOC1. The van der Waals surface area contributed by atoms with Crippen LogP contribution in [0.3, 0.4) is 0 Å². The zero-order valence-corrected chi connectivity index (χ0v) is 8.25.